The number of aromatic nitrogens is 2. The summed E-state index contributed by atoms with van der Waals surface area (Å²) in [5.74, 6) is 0.636. The molecule has 1 amide bonds. The average molecular weight is 539 g/mol. The number of aliphatic hydroxyl groups is 1. The fourth-order valence-electron chi connectivity index (χ4n) is 4.83. The first kappa shape index (κ1) is 26.8. The number of carboxylic acids is 1. The van der Waals surface area contributed by atoms with Crippen LogP contribution in [0, 0.1) is 6.92 Å². The number of benzene rings is 2. The van der Waals surface area contributed by atoms with Crippen molar-refractivity contribution in [1.29, 1.82) is 0 Å². The van der Waals surface area contributed by atoms with E-state index in [1.165, 1.54) is 0 Å². The Kier molecular flexibility index (Phi) is 7.48. The van der Waals surface area contributed by atoms with Gasteiger partial charge in [0.25, 0.3) is 5.91 Å². The average Bonchev–Trinajstić information content (AvgIpc) is 3.06. The summed E-state index contributed by atoms with van der Waals surface area (Å²) in [6.45, 7) is 5.00. The lowest BCUT2D eigenvalue weighted by Crippen LogP contribution is -2.25. The molecule has 9 nitrogen and oxygen atoms in total. The van der Waals surface area contributed by atoms with Crippen molar-refractivity contribution in [3.05, 3.63) is 95.3 Å². The van der Waals surface area contributed by atoms with Crippen molar-refractivity contribution in [3.8, 4) is 16.9 Å². The number of aryl methyl sites for hydroxylation is 1. The number of hydrogen-bond donors (Lipinski definition) is 2. The first-order valence-electron chi connectivity index (χ1n) is 13.0. The molecule has 1 unspecified atom stereocenters. The Morgan fingerprint density at radius 1 is 1.02 bits per heavy atom. The van der Waals surface area contributed by atoms with E-state index in [9.17, 15) is 14.7 Å². The summed E-state index contributed by atoms with van der Waals surface area (Å²) < 4.78 is 6.08. The molecule has 5 rings (SSSR count). The van der Waals surface area contributed by atoms with Gasteiger partial charge < -0.3 is 24.7 Å². The number of rotatable bonds is 8. The third kappa shape index (κ3) is 5.11. The van der Waals surface area contributed by atoms with Gasteiger partial charge in [0.05, 0.1) is 17.9 Å². The van der Waals surface area contributed by atoms with Gasteiger partial charge in [0.1, 0.15) is 11.6 Å². The maximum Gasteiger partial charge on any atom is 0.337 e. The highest BCUT2D eigenvalue weighted by molar-refractivity contribution is 6.12. The number of aliphatic hydroxyl groups excluding tert-OH is 1. The largest absolute Gasteiger partial charge is 0.493 e. The molecule has 0 radical (unpaired) electrons. The number of hydrogen-bond acceptors (Lipinski definition) is 7. The van der Waals surface area contributed by atoms with Crippen molar-refractivity contribution >= 4 is 29.2 Å². The number of carbonyl (C=O) groups excluding carboxylic acids is 1. The molecule has 1 atom stereocenters. The fraction of sp³-hybridized carbons (Fsp3) is 0.226. The number of fused-ring (bicyclic) bond motifs is 2. The second-order valence-corrected chi connectivity index (χ2v) is 9.61. The molecule has 0 saturated carbocycles. The minimum atomic E-state index is -1.54. The lowest BCUT2D eigenvalue weighted by molar-refractivity contribution is -0.146. The first-order chi connectivity index (χ1) is 19.3. The molecule has 0 fully saturated rings. The van der Waals surface area contributed by atoms with Crippen molar-refractivity contribution < 1.29 is 24.5 Å². The highest BCUT2D eigenvalue weighted by Gasteiger charge is 2.30. The van der Waals surface area contributed by atoms with Crippen LogP contribution in [0.5, 0.6) is 5.75 Å². The number of ether oxygens (including phenoxy) is 1. The number of amides is 1. The molecule has 0 aliphatic carbocycles. The molecule has 0 spiro atoms. The van der Waals surface area contributed by atoms with Gasteiger partial charge in [0.15, 0.2) is 11.9 Å². The van der Waals surface area contributed by atoms with Crippen LogP contribution in [-0.2, 0) is 11.2 Å². The number of pyridine rings is 2. The Balaban J connectivity index is 1.28. The van der Waals surface area contributed by atoms with Crippen molar-refractivity contribution in [1.82, 2.24) is 9.97 Å². The maximum atomic E-state index is 13.3. The van der Waals surface area contributed by atoms with E-state index in [1.807, 2.05) is 55.1 Å². The Morgan fingerprint density at radius 3 is 2.48 bits per heavy atom. The summed E-state index contributed by atoms with van der Waals surface area (Å²) in [7, 11) is 1.75. The van der Waals surface area contributed by atoms with E-state index in [0.29, 0.717) is 42.3 Å². The van der Waals surface area contributed by atoms with E-state index in [1.54, 1.807) is 48.6 Å². The molecular formula is C31H30N4O5. The number of aliphatic carboxylic acids is 1. The number of anilines is 3. The highest BCUT2D eigenvalue weighted by atomic mass is 16.5. The summed E-state index contributed by atoms with van der Waals surface area (Å²) in [6.07, 6.45) is 2.53. The van der Waals surface area contributed by atoms with Gasteiger partial charge in [0, 0.05) is 32.4 Å². The van der Waals surface area contributed by atoms with Crippen LogP contribution in [-0.4, -0.2) is 52.3 Å². The topological polar surface area (TPSA) is 116 Å². The van der Waals surface area contributed by atoms with E-state index in [0.717, 1.165) is 33.7 Å². The monoisotopic (exact) mass is 538 g/mol. The first-order valence-corrected chi connectivity index (χ1v) is 13.0. The van der Waals surface area contributed by atoms with Gasteiger partial charge in [-0.15, -0.1) is 0 Å². The summed E-state index contributed by atoms with van der Waals surface area (Å²) in [5.41, 5.74) is 5.31. The minimum Gasteiger partial charge on any atom is -0.493 e. The zero-order valence-corrected chi connectivity index (χ0v) is 22.5. The van der Waals surface area contributed by atoms with Gasteiger partial charge in [-0.1, -0.05) is 30.3 Å². The van der Waals surface area contributed by atoms with Crippen LogP contribution < -0.4 is 14.5 Å². The molecule has 4 aromatic rings. The Labute approximate surface area is 232 Å². The van der Waals surface area contributed by atoms with E-state index in [-0.39, 0.29) is 5.91 Å². The molecule has 204 valence electrons. The molecule has 1 aliphatic heterocycles. The second-order valence-electron chi connectivity index (χ2n) is 9.61. The Morgan fingerprint density at radius 2 is 1.77 bits per heavy atom. The van der Waals surface area contributed by atoms with Crippen molar-refractivity contribution in [2.75, 3.05) is 30.0 Å². The number of carboxylic acid groups (broad SMARTS) is 1. The molecule has 9 heteroatoms. The third-order valence-corrected chi connectivity index (χ3v) is 7.03. The Bertz CT molecular complexity index is 1570. The van der Waals surface area contributed by atoms with E-state index < -0.39 is 12.1 Å². The van der Waals surface area contributed by atoms with Crippen LogP contribution in [0.25, 0.3) is 11.1 Å². The van der Waals surface area contributed by atoms with Gasteiger partial charge in [0.2, 0.25) is 0 Å². The van der Waals surface area contributed by atoms with E-state index in [2.05, 4.69) is 9.97 Å². The third-order valence-electron chi connectivity index (χ3n) is 7.03. The SMILES string of the molecule is CCN1c2ncc(CCOc3ccc(-c4ccc(C(O)C(=O)O)cc4)cc3C)cc2C(=O)N(C)c2cccnc21. The van der Waals surface area contributed by atoms with Gasteiger partial charge in [-0.3, -0.25) is 4.79 Å². The van der Waals surface area contributed by atoms with E-state index >= 15 is 0 Å². The zero-order chi connectivity index (χ0) is 28.4. The van der Waals surface area contributed by atoms with Crippen LogP contribution >= 0.6 is 0 Å². The predicted octanol–water partition coefficient (Wildman–Crippen LogP) is 4.94. The van der Waals surface area contributed by atoms with Crippen molar-refractivity contribution in [2.45, 2.75) is 26.4 Å². The molecular weight excluding hydrogens is 508 g/mol. The predicted molar refractivity (Wildman–Crippen MR) is 152 cm³/mol. The lowest BCUT2D eigenvalue weighted by atomic mass is 10.00. The molecule has 0 bridgehead atoms. The number of nitrogens with zero attached hydrogens (tertiary/aromatic N) is 4. The quantitative estimate of drug-likeness (QED) is 0.324. The Hall–Kier alpha value is -4.76. The van der Waals surface area contributed by atoms with Crippen LogP contribution in [0.1, 0.15) is 40.1 Å². The van der Waals surface area contributed by atoms with Gasteiger partial charge in [-0.2, -0.15) is 0 Å². The summed E-state index contributed by atoms with van der Waals surface area (Å²) in [5, 5.41) is 18.7. The van der Waals surface area contributed by atoms with Crippen LogP contribution in [0.4, 0.5) is 17.3 Å². The summed E-state index contributed by atoms with van der Waals surface area (Å²) in [4.78, 5) is 37.1. The van der Waals surface area contributed by atoms with Crippen LogP contribution in [0.2, 0.25) is 0 Å². The molecule has 2 N–H and O–H groups in total. The summed E-state index contributed by atoms with van der Waals surface area (Å²) >= 11 is 0. The zero-order valence-electron chi connectivity index (χ0n) is 22.5. The van der Waals surface area contributed by atoms with Crippen LogP contribution in [0.15, 0.2) is 73.1 Å². The normalized spacial score (nSPS) is 13.3. The highest BCUT2D eigenvalue weighted by Crippen LogP contribution is 2.37. The molecule has 3 heterocycles. The molecule has 2 aromatic carbocycles. The molecule has 0 saturated heterocycles. The van der Waals surface area contributed by atoms with Crippen molar-refractivity contribution in [2.24, 2.45) is 0 Å². The lowest BCUT2D eigenvalue weighted by Gasteiger charge is -2.22. The van der Waals surface area contributed by atoms with Crippen molar-refractivity contribution in [3.63, 3.8) is 0 Å². The van der Waals surface area contributed by atoms with Gasteiger partial charge >= 0.3 is 5.97 Å². The van der Waals surface area contributed by atoms with E-state index in [4.69, 9.17) is 9.84 Å². The summed E-state index contributed by atoms with van der Waals surface area (Å²) in [6, 6.07) is 18.2. The van der Waals surface area contributed by atoms with Gasteiger partial charge in [-0.25, -0.2) is 14.8 Å². The molecule has 1 aliphatic rings. The molecule has 2 aromatic heterocycles. The van der Waals surface area contributed by atoms with Crippen LogP contribution in [0.3, 0.4) is 0 Å². The fourth-order valence-corrected chi connectivity index (χ4v) is 4.83. The molecule has 40 heavy (non-hydrogen) atoms. The number of carbonyl (C=O) groups is 2. The second kappa shape index (κ2) is 11.2. The minimum absolute atomic E-state index is 0.132. The van der Waals surface area contributed by atoms with Gasteiger partial charge in [-0.05, 0) is 72.0 Å². The standard InChI is InChI=1S/C31H30N4O5/c1-4-35-28-24(30(37)34(3)25-6-5-14-32-29(25)35)17-20(18-33-28)13-15-40-26-12-11-23(16-19(26)2)21-7-9-22(10-8-21)27(36)31(38)39/h5-12,14,16-18,27,36H,4,13,15H2,1-3H3,(H,38,39). The maximum absolute atomic E-state index is 13.3. The smallest absolute Gasteiger partial charge is 0.337 e.